The van der Waals surface area contributed by atoms with Crippen molar-refractivity contribution in [2.45, 2.75) is 62.7 Å². The molecule has 0 radical (unpaired) electrons. The summed E-state index contributed by atoms with van der Waals surface area (Å²) in [5, 5.41) is 29.9. The van der Waals surface area contributed by atoms with Crippen LogP contribution in [0.4, 0.5) is 40.9 Å². The molecule has 2 aromatic heterocycles. The van der Waals surface area contributed by atoms with Gasteiger partial charge in [0.05, 0.1) is 10.9 Å². The highest BCUT2D eigenvalue weighted by Crippen LogP contribution is 2.41. The molecule has 2 aliphatic rings. The number of aromatic hydroxyl groups is 1. The van der Waals surface area contributed by atoms with Crippen molar-refractivity contribution in [3.63, 3.8) is 0 Å². The molecule has 4 N–H and O–H groups in total. The number of fused-ring (bicyclic) bond motifs is 3. The number of ether oxygens (including phenoxy) is 1. The van der Waals surface area contributed by atoms with Crippen molar-refractivity contribution in [1.29, 1.82) is 0 Å². The molecule has 2 saturated heterocycles. The van der Waals surface area contributed by atoms with Gasteiger partial charge in [-0.2, -0.15) is 36.3 Å². The lowest BCUT2D eigenvalue weighted by Crippen LogP contribution is -2.44. The van der Waals surface area contributed by atoms with Crippen molar-refractivity contribution in [1.82, 2.24) is 24.8 Å². The number of phenolic OH excluding ortho intramolecular Hbond substituents is 1. The van der Waals surface area contributed by atoms with E-state index in [1.807, 2.05) is 38.4 Å². The van der Waals surface area contributed by atoms with Crippen molar-refractivity contribution in [2.75, 3.05) is 45.7 Å². The molecule has 0 spiro atoms. The minimum absolute atomic E-state index is 0.0167. The van der Waals surface area contributed by atoms with E-state index in [2.05, 4.69) is 43.9 Å². The van der Waals surface area contributed by atoms with E-state index >= 15 is 4.39 Å². The molecule has 0 saturated carbocycles. The Morgan fingerprint density at radius 3 is 2.24 bits per heavy atom. The average Bonchev–Trinajstić information content (AvgIpc) is 3.61. The summed E-state index contributed by atoms with van der Waals surface area (Å²) in [6.45, 7) is 6.19. The molecule has 12 nitrogen and oxygen atoms in total. The molecule has 2 aromatic carbocycles. The predicted octanol–water partition coefficient (Wildman–Crippen LogP) is 6.66. The molecule has 4 aromatic rings. The molecule has 2 atom stereocenters. The van der Waals surface area contributed by atoms with Gasteiger partial charge in [0.25, 0.3) is 0 Å². The Morgan fingerprint density at radius 2 is 1.64 bits per heavy atom. The van der Waals surface area contributed by atoms with Crippen molar-refractivity contribution < 1.29 is 64.8 Å². The number of phenols is 1. The van der Waals surface area contributed by atoms with Crippen LogP contribution in [0.5, 0.6) is 11.8 Å². The summed E-state index contributed by atoms with van der Waals surface area (Å²) in [6, 6.07) is 10.6. The SMILES string of the molecule is CN(C)C(C)(C)CNc1nc(OC[C@]23CCCN2C[C@@H](F)C3)nc2c(F)c(-c3cc(O)cc4ccccc34)ncc12.O=C(O)C(F)(F)F.O=C(O)C(F)(F)F. The molecule has 4 heterocycles. The number of aliphatic carboxylic acids is 2. The van der Waals surface area contributed by atoms with Gasteiger partial charge in [-0.3, -0.25) is 9.88 Å². The van der Waals surface area contributed by atoms with E-state index in [0.29, 0.717) is 36.3 Å². The van der Waals surface area contributed by atoms with Crippen LogP contribution in [0.25, 0.3) is 32.9 Å². The third kappa shape index (κ3) is 10.2. The zero-order chi connectivity index (χ0) is 41.1. The first-order valence-corrected chi connectivity index (χ1v) is 16.6. The minimum atomic E-state index is -5.08. The first-order valence-electron chi connectivity index (χ1n) is 16.6. The van der Waals surface area contributed by atoms with Crippen LogP contribution < -0.4 is 10.1 Å². The Bertz CT molecular complexity index is 2010. The van der Waals surface area contributed by atoms with E-state index < -0.39 is 36.3 Å². The number of hydrogen-bond donors (Lipinski definition) is 4. The first-order chi connectivity index (χ1) is 25.4. The fourth-order valence-electron chi connectivity index (χ4n) is 6.02. The Morgan fingerprint density at radius 1 is 1.02 bits per heavy atom. The van der Waals surface area contributed by atoms with Gasteiger partial charge >= 0.3 is 30.3 Å². The van der Waals surface area contributed by atoms with E-state index in [0.717, 1.165) is 30.2 Å². The number of carboxylic acids is 2. The lowest BCUT2D eigenvalue weighted by Gasteiger charge is -2.33. The Balaban J connectivity index is 0.000000410. The van der Waals surface area contributed by atoms with Gasteiger partial charge in [0, 0.05) is 36.8 Å². The van der Waals surface area contributed by atoms with Gasteiger partial charge in [-0.15, -0.1) is 0 Å². The van der Waals surface area contributed by atoms with Crippen LogP contribution in [0.1, 0.15) is 33.1 Å². The van der Waals surface area contributed by atoms with E-state index in [-0.39, 0.29) is 40.7 Å². The number of nitrogens with zero attached hydrogens (tertiary/aromatic N) is 5. The summed E-state index contributed by atoms with van der Waals surface area (Å²) < 4.78 is 100. The van der Waals surface area contributed by atoms with Gasteiger partial charge in [-0.25, -0.2) is 18.4 Å². The molecule has 6 rings (SSSR count). The van der Waals surface area contributed by atoms with Crippen LogP contribution in [-0.4, -0.2) is 122 Å². The number of alkyl halides is 7. The number of halogens is 8. The van der Waals surface area contributed by atoms with Crippen molar-refractivity contribution >= 4 is 39.4 Å². The number of likely N-dealkylation sites (N-methyl/N-ethyl adjacent to an activating group) is 1. The molecule has 2 aliphatic heterocycles. The molecular weight excluding hydrogens is 752 g/mol. The number of rotatable bonds is 8. The van der Waals surface area contributed by atoms with Gasteiger partial charge in [0.2, 0.25) is 0 Å². The summed E-state index contributed by atoms with van der Waals surface area (Å²) in [4.78, 5) is 35.7. The van der Waals surface area contributed by atoms with Crippen LogP contribution >= 0.6 is 0 Å². The highest BCUT2D eigenvalue weighted by molar-refractivity contribution is 5.99. The summed E-state index contributed by atoms with van der Waals surface area (Å²) in [5.74, 6) is -5.72. The zero-order valence-electron chi connectivity index (χ0n) is 29.9. The smallest absolute Gasteiger partial charge is 0.490 e. The predicted molar refractivity (Wildman–Crippen MR) is 184 cm³/mol. The normalized spacial score (nSPS) is 18.7. The number of nitrogens with one attached hydrogen (secondary N) is 1. The summed E-state index contributed by atoms with van der Waals surface area (Å²) in [5.41, 5.74) is -0.0161. The van der Waals surface area contributed by atoms with Gasteiger partial charge in [0.15, 0.2) is 5.82 Å². The van der Waals surface area contributed by atoms with E-state index in [1.54, 1.807) is 12.3 Å². The van der Waals surface area contributed by atoms with Gasteiger partial charge < -0.3 is 30.3 Å². The second kappa shape index (κ2) is 16.3. The molecule has 55 heavy (non-hydrogen) atoms. The number of aromatic nitrogens is 3. The van der Waals surface area contributed by atoms with Crippen molar-refractivity contribution in [3.8, 4) is 23.0 Å². The monoisotopic (exact) mass is 790 g/mol. The Kier molecular flexibility index (Phi) is 12.6. The Labute approximate surface area is 308 Å². The third-order valence-electron chi connectivity index (χ3n) is 9.38. The summed E-state index contributed by atoms with van der Waals surface area (Å²) in [6.07, 6.45) is -7.25. The number of benzene rings is 2. The summed E-state index contributed by atoms with van der Waals surface area (Å²) >= 11 is 0. The van der Waals surface area contributed by atoms with Crippen LogP contribution in [-0.2, 0) is 9.59 Å². The fourth-order valence-corrected chi connectivity index (χ4v) is 6.02. The molecule has 0 amide bonds. The molecule has 0 aliphatic carbocycles. The second-order valence-electron chi connectivity index (χ2n) is 13.8. The lowest BCUT2D eigenvalue weighted by atomic mass is 9.95. The summed E-state index contributed by atoms with van der Waals surface area (Å²) in [7, 11) is 3.99. The fraction of sp³-hybridized carbons (Fsp3) is 0.457. The van der Waals surface area contributed by atoms with Crippen LogP contribution in [0, 0.1) is 5.82 Å². The average molecular weight is 791 g/mol. The standard InChI is InChI=1S/C31H36F2N6O2.2C2HF3O2/c1-30(2,38(3)4)17-35-28-24-15-34-26(23-13-21(40)12-19-8-5-6-9-22(19)23)25(33)27(24)36-29(37-28)41-18-31-10-7-11-39(31)16-20(32)14-31;2*3-2(4,5)1(6)7/h5-6,8-9,12-13,15,20,40H,7,10-11,14,16-18H2,1-4H3,(H,35,36,37);2*(H,6,7)/t20-,31+;;/m0../s1. The topological polar surface area (TPSA) is 161 Å². The first kappa shape index (κ1) is 42.6. The number of hydrogen-bond acceptors (Lipinski definition) is 10. The number of carboxylic acid groups (broad SMARTS) is 2. The van der Waals surface area contributed by atoms with Crippen molar-refractivity contribution in [2.24, 2.45) is 0 Å². The largest absolute Gasteiger partial charge is 0.508 e. The maximum Gasteiger partial charge on any atom is 0.490 e. The highest BCUT2D eigenvalue weighted by Gasteiger charge is 2.49. The van der Waals surface area contributed by atoms with E-state index in [1.165, 1.54) is 6.07 Å². The maximum absolute atomic E-state index is 16.4. The highest BCUT2D eigenvalue weighted by atomic mass is 19.4. The van der Waals surface area contributed by atoms with Gasteiger partial charge in [-0.05, 0) is 70.2 Å². The van der Waals surface area contributed by atoms with Gasteiger partial charge in [0.1, 0.15) is 35.6 Å². The van der Waals surface area contributed by atoms with E-state index in [9.17, 15) is 35.8 Å². The van der Waals surface area contributed by atoms with Gasteiger partial charge in [-0.1, -0.05) is 24.3 Å². The van der Waals surface area contributed by atoms with Crippen LogP contribution in [0.15, 0.2) is 42.6 Å². The molecule has 300 valence electrons. The number of carbonyl (C=O) groups is 2. The van der Waals surface area contributed by atoms with Crippen LogP contribution in [0.2, 0.25) is 0 Å². The second-order valence-corrected chi connectivity index (χ2v) is 13.8. The molecule has 2 fully saturated rings. The maximum atomic E-state index is 16.4. The molecule has 0 bridgehead atoms. The molecule has 0 unspecified atom stereocenters. The number of anilines is 1. The molecule has 20 heteroatoms. The zero-order valence-corrected chi connectivity index (χ0v) is 29.9. The minimum Gasteiger partial charge on any atom is -0.508 e. The van der Waals surface area contributed by atoms with Crippen LogP contribution in [0.3, 0.4) is 0 Å². The third-order valence-corrected chi connectivity index (χ3v) is 9.38. The number of pyridine rings is 1. The van der Waals surface area contributed by atoms with Crippen molar-refractivity contribution in [3.05, 3.63) is 48.4 Å². The lowest BCUT2D eigenvalue weighted by molar-refractivity contribution is -0.193. The quantitative estimate of drug-likeness (QED) is 0.141. The molecular formula is C35H38F8N6O6. The Hall–Kier alpha value is -5.11. The van der Waals surface area contributed by atoms with E-state index in [4.69, 9.17) is 24.5 Å².